The lowest BCUT2D eigenvalue weighted by Crippen LogP contribution is -2.62. The molecule has 6 aromatic rings. The van der Waals surface area contributed by atoms with Crippen molar-refractivity contribution >= 4 is 147 Å². The lowest BCUT2D eigenvalue weighted by molar-refractivity contribution is -0.137. The molecular weight excluding hydrogens is 1620 g/mol. The van der Waals surface area contributed by atoms with Crippen molar-refractivity contribution in [3.63, 3.8) is 0 Å². The number of H-pyrrole nitrogens is 2. The van der Waals surface area contributed by atoms with Crippen molar-refractivity contribution in [3.8, 4) is 5.75 Å². The summed E-state index contributed by atoms with van der Waals surface area (Å²) in [6, 6.07) is 11.6. The predicted molar refractivity (Wildman–Crippen MR) is 454 cm³/mol. The number of aromatic amines is 2. The number of nitrogens with one attached hydrogen (secondary N) is 16. The normalized spacial score (nSPS) is 14.1. The zero-order chi connectivity index (χ0) is 89.7. The maximum Gasteiger partial charge on any atom is 0.245 e. The van der Waals surface area contributed by atoms with Crippen molar-refractivity contribution in [2.45, 2.75) is 184 Å². The van der Waals surface area contributed by atoms with Crippen molar-refractivity contribution in [1.29, 1.82) is 0 Å². The number of aliphatic hydroxyl groups is 1. The fraction of sp³-hybridized carbons (Fsp3) is 0.444. The number of aromatic hydroxyl groups is 1. The molecule has 2 aromatic heterocycles. The van der Waals surface area contributed by atoms with Crippen LogP contribution in [0.2, 0.25) is 0 Å². The molecule has 0 fully saturated rings. The van der Waals surface area contributed by atoms with Gasteiger partial charge in [0.2, 0.25) is 100 Å². The van der Waals surface area contributed by atoms with E-state index in [9.17, 15) is 86.9 Å². The number of carbonyl (C=O) groups excluding carboxylic acids is 17. The van der Waals surface area contributed by atoms with Gasteiger partial charge in [0.1, 0.15) is 72.2 Å². The number of benzene rings is 4. The summed E-state index contributed by atoms with van der Waals surface area (Å²) >= 11 is 8.47. The van der Waals surface area contributed by atoms with Crippen LogP contribution in [0.5, 0.6) is 5.75 Å². The summed E-state index contributed by atoms with van der Waals surface area (Å²) < 4.78 is 0. The smallest absolute Gasteiger partial charge is 0.245 e. The standard InChI is InChI=1S/C81H110N20O19S2/c1-43(2)69(80(119)97-58(34-46-14-6-5-7-15-46)73(112)90-40-68(109)86-32-29-66(107)92-55(71(85)110)20-12-13-31-82)100-67(108)30-33-87-72(111)60(36-48-38-88-53-18-10-8-16-51(48)53)96-76(115)59(35-47-21-23-50(104)24-22-47)95-79(118)63(42-122)99-74(113)56(25-27-64(83)105)93-77(116)61(37-49-39-89-54-19-11-9-17-52(49)54)98-81(120)70(44(3)102)101-75(114)57(26-28-65(84)106)94-78(117)62(41-121)91-45(4)103/h5-11,14-19,21-24,38-39,43-44,55-63,69-70,88-89,102,104,121-122H,12-13,20,25-37,40-42,82H2,1-4H3,(H2,83,105)(H2,84,106)(H2,85,110)(H,86,109)(H,87,111)(H,90,112)(H,91,103)(H,92,107)(H,93,116)(H,94,117)(H,95,118)(H,96,115)(H,97,119)(H,98,120)(H,99,113)(H,100,108)(H,101,114)/t44-,55-,56+,57+,58+,59+,60+,61+,62+,63+,69+,70+/m1/s1. The predicted octanol–water partition coefficient (Wildman–Crippen LogP) is -3.85. The van der Waals surface area contributed by atoms with Crippen molar-refractivity contribution in [2.24, 2.45) is 28.9 Å². The van der Waals surface area contributed by atoms with E-state index in [0.717, 1.165) is 13.8 Å². The van der Waals surface area contributed by atoms with Gasteiger partial charge in [-0.2, -0.15) is 25.3 Å². The molecule has 2 heterocycles. The van der Waals surface area contributed by atoms with Crippen LogP contribution in [0.4, 0.5) is 0 Å². The summed E-state index contributed by atoms with van der Waals surface area (Å²) in [5.74, 6) is -16.4. The molecule has 122 heavy (non-hydrogen) atoms. The number of phenols is 1. The van der Waals surface area contributed by atoms with Crippen molar-refractivity contribution in [1.82, 2.24) is 84.4 Å². The second-order valence-corrected chi connectivity index (χ2v) is 30.2. The topological polar surface area (TPSA) is 635 Å². The highest BCUT2D eigenvalue weighted by Gasteiger charge is 2.38. The van der Waals surface area contributed by atoms with Gasteiger partial charge in [-0.1, -0.05) is 92.7 Å². The molecule has 6 rings (SSSR count). The Morgan fingerprint density at radius 1 is 0.393 bits per heavy atom. The molecule has 41 heteroatoms. The van der Waals surface area contributed by atoms with Gasteiger partial charge in [0.05, 0.1) is 12.6 Å². The summed E-state index contributed by atoms with van der Waals surface area (Å²) in [7, 11) is 0. The lowest BCUT2D eigenvalue weighted by atomic mass is 10.0. The molecule has 0 saturated heterocycles. The summed E-state index contributed by atoms with van der Waals surface area (Å²) in [6.45, 7) is 4.84. The SMILES string of the molecule is CC(=O)N[C@@H](CS)C(=O)N[C@@H](CCC(N)=O)C(=O)N[C@H](C(=O)N[C@@H](Cc1c[nH]c2ccccc12)C(=O)N[C@@H](CCC(N)=O)C(=O)N[C@@H](CS)C(=O)N[C@@H](Cc1ccc(O)cc1)C(=O)N[C@@H](Cc1c[nH]c2ccccc12)C(=O)NCCC(=O)N[C@H](C(=O)N[C@@H](Cc1ccccc1)C(=O)NCC(=O)NCCC(=O)N[C@H](CCCCN)C(N)=O)C(C)C)[C@@H](C)O. The van der Waals surface area contributed by atoms with Gasteiger partial charge < -0.3 is 118 Å². The number of carbonyl (C=O) groups is 17. The molecule has 0 aliphatic heterocycles. The number of para-hydroxylation sites is 2. The number of fused-ring (bicyclic) bond motifs is 2. The lowest BCUT2D eigenvalue weighted by Gasteiger charge is -2.28. The number of aromatic nitrogens is 2. The second kappa shape index (κ2) is 49.8. The maximum atomic E-state index is 15.0. The fourth-order valence-corrected chi connectivity index (χ4v) is 13.3. The number of nitrogens with two attached hydrogens (primary N) is 4. The van der Waals surface area contributed by atoms with Crippen LogP contribution in [0.15, 0.2) is 116 Å². The minimum absolute atomic E-state index is 0.0522. The van der Waals surface area contributed by atoms with Crippen molar-refractivity contribution in [2.75, 3.05) is 37.7 Å². The van der Waals surface area contributed by atoms with Crippen LogP contribution < -0.4 is 97.4 Å². The average molecular weight is 1730 g/mol. The third-order valence-corrected chi connectivity index (χ3v) is 20.1. The minimum atomic E-state index is -1.90. The van der Waals surface area contributed by atoms with Crippen molar-refractivity contribution in [3.05, 3.63) is 138 Å². The molecule has 17 amide bonds. The van der Waals surface area contributed by atoms with Crippen LogP contribution in [-0.4, -0.2) is 231 Å². The molecule has 4 aromatic carbocycles. The highest BCUT2D eigenvalue weighted by atomic mass is 32.1. The Morgan fingerprint density at radius 2 is 0.803 bits per heavy atom. The molecule has 0 unspecified atom stereocenters. The van der Waals surface area contributed by atoms with E-state index in [1.54, 1.807) is 105 Å². The number of rotatable bonds is 52. The zero-order valence-electron chi connectivity index (χ0n) is 67.9. The van der Waals surface area contributed by atoms with E-state index >= 15 is 4.79 Å². The van der Waals surface area contributed by atoms with Crippen LogP contribution in [0.1, 0.15) is 108 Å². The third kappa shape index (κ3) is 32.5. The number of hydrogen-bond acceptors (Lipinski definition) is 22. The third-order valence-electron chi connectivity index (χ3n) is 19.4. The number of primary amides is 3. The van der Waals surface area contributed by atoms with Gasteiger partial charge in [-0.15, -0.1) is 0 Å². The fourth-order valence-electron chi connectivity index (χ4n) is 12.8. The zero-order valence-corrected chi connectivity index (χ0v) is 69.7. The number of hydrogen-bond donors (Lipinski definition) is 24. The Hall–Kier alpha value is -12.6. The molecule has 0 radical (unpaired) electrons. The molecule has 660 valence electrons. The van der Waals surface area contributed by atoms with Gasteiger partial charge in [0.25, 0.3) is 0 Å². The van der Waals surface area contributed by atoms with Gasteiger partial charge in [0, 0.05) is 117 Å². The largest absolute Gasteiger partial charge is 0.508 e. The highest BCUT2D eigenvalue weighted by molar-refractivity contribution is 7.80. The average Bonchev–Trinajstić information content (AvgIpc) is 1.44. The van der Waals surface area contributed by atoms with Gasteiger partial charge in [-0.3, -0.25) is 81.5 Å². The molecule has 26 N–H and O–H groups in total. The van der Waals surface area contributed by atoms with Gasteiger partial charge >= 0.3 is 0 Å². The van der Waals surface area contributed by atoms with Gasteiger partial charge in [-0.05, 0) is 98.0 Å². The first-order chi connectivity index (χ1) is 58.1. The molecule has 12 atom stereocenters. The molecule has 0 aliphatic rings. The first-order valence-electron chi connectivity index (χ1n) is 39.6. The van der Waals surface area contributed by atoms with Crippen LogP contribution in [-0.2, 0) is 107 Å². The van der Waals surface area contributed by atoms with Crippen LogP contribution in [0.25, 0.3) is 21.8 Å². The van der Waals surface area contributed by atoms with Crippen molar-refractivity contribution < 1.29 is 91.7 Å². The van der Waals surface area contributed by atoms with Crippen LogP contribution in [0.3, 0.4) is 0 Å². The van der Waals surface area contributed by atoms with Crippen LogP contribution in [0, 0.1) is 5.92 Å². The number of amides is 17. The molecule has 0 bridgehead atoms. The van der Waals surface area contributed by atoms with E-state index in [4.69, 9.17) is 22.9 Å². The van der Waals surface area contributed by atoms with E-state index in [2.05, 4.69) is 110 Å². The quantitative estimate of drug-likeness (QED) is 0.0128. The van der Waals surface area contributed by atoms with E-state index in [-0.39, 0.29) is 63.1 Å². The minimum Gasteiger partial charge on any atom is -0.508 e. The summed E-state index contributed by atoms with van der Waals surface area (Å²) in [5.41, 5.74) is 25.2. The number of phenolic OH excluding ortho intramolecular Hbond substituents is 1. The Balaban J connectivity index is 1.18. The Kier molecular flexibility index (Phi) is 40.1. The number of thiol groups is 2. The maximum absolute atomic E-state index is 15.0. The first-order valence-corrected chi connectivity index (χ1v) is 40.8. The monoisotopic (exact) mass is 1730 g/mol. The molecule has 39 nitrogen and oxygen atoms in total. The molecule has 0 aliphatic carbocycles. The van der Waals surface area contributed by atoms with Gasteiger partial charge in [-0.25, -0.2) is 0 Å². The summed E-state index contributed by atoms with van der Waals surface area (Å²) in [6.07, 6.45) is -0.634. The number of aliphatic hydroxyl groups excluding tert-OH is 1. The highest BCUT2D eigenvalue weighted by Crippen LogP contribution is 2.23. The molecule has 0 saturated carbocycles. The number of unbranched alkanes of at least 4 members (excludes halogenated alkanes) is 1. The molecular formula is C81H110N20O19S2. The second-order valence-electron chi connectivity index (χ2n) is 29.4. The molecule has 0 spiro atoms. The van der Waals surface area contributed by atoms with E-state index in [0.29, 0.717) is 63.4 Å². The first kappa shape index (κ1) is 98.2. The Morgan fingerprint density at radius 3 is 1.30 bits per heavy atom. The van der Waals surface area contributed by atoms with E-state index in [1.165, 1.54) is 24.3 Å². The van der Waals surface area contributed by atoms with Crippen LogP contribution >= 0.6 is 25.3 Å². The Bertz CT molecular complexity index is 4640. The summed E-state index contributed by atoms with van der Waals surface area (Å²) in [4.78, 5) is 237. The Labute approximate surface area is 713 Å². The van der Waals surface area contributed by atoms with Gasteiger partial charge in [0.15, 0.2) is 0 Å². The van der Waals surface area contributed by atoms with E-state index < -0.39 is 223 Å². The summed E-state index contributed by atoms with van der Waals surface area (Å²) in [5, 5.41) is 58.2. The van der Waals surface area contributed by atoms with E-state index in [1.807, 2.05) is 0 Å².